The summed E-state index contributed by atoms with van der Waals surface area (Å²) in [6.45, 7) is 20.4. The maximum atomic E-state index is 11.8. The average molecular weight is 2330 g/mol. The molecule has 0 bridgehead atoms. The fourth-order valence-corrected chi connectivity index (χ4v) is 25.4. The van der Waals surface area contributed by atoms with E-state index in [1.54, 1.807) is 188 Å². The molecule has 14 rings (SSSR count). The van der Waals surface area contributed by atoms with Gasteiger partial charge in [0, 0.05) is 88.1 Å². The molecule has 11 aromatic carbocycles. The van der Waals surface area contributed by atoms with Crippen LogP contribution in [0.4, 0.5) is 22.4 Å². The molecular weight excluding hydrogens is 2220 g/mol. The van der Waals surface area contributed by atoms with E-state index < -0.39 is 11.5 Å². The largest absolute Gasteiger partial charge is 0.508 e. The van der Waals surface area contributed by atoms with Crippen molar-refractivity contribution in [1.82, 2.24) is 30.2 Å². The summed E-state index contributed by atoms with van der Waals surface area (Å²) in [4.78, 5) is 66.2. The van der Waals surface area contributed by atoms with E-state index in [1.807, 2.05) is 207 Å². The number of esters is 2. The van der Waals surface area contributed by atoms with Crippen molar-refractivity contribution in [3.05, 3.63) is 314 Å². The van der Waals surface area contributed by atoms with Crippen molar-refractivity contribution in [2.75, 3.05) is 56.4 Å². The van der Waals surface area contributed by atoms with Crippen molar-refractivity contribution in [3.8, 4) is 23.0 Å². The van der Waals surface area contributed by atoms with Gasteiger partial charge in [-0.3, -0.25) is 9.59 Å². The molecule has 42 heteroatoms. The Morgan fingerprint density at radius 3 is 1.29 bits per heavy atom. The van der Waals surface area contributed by atoms with E-state index in [1.165, 1.54) is 63.4 Å². The number of phenolic OH excluding ortho intramolecular Hbond substituents is 3. The van der Waals surface area contributed by atoms with Crippen LogP contribution in [0.1, 0.15) is 96.7 Å². The molecule has 143 heavy (non-hydrogen) atoms. The quantitative estimate of drug-likeness (QED) is 0.00353. The second kappa shape index (κ2) is 66.8. The molecule has 14 aromatic rings. The number of nitrogens with zero attached hydrogens (tertiary/aromatic N) is 5. The van der Waals surface area contributed by atoms with Crippen molar-refractivity contribution < 1.29 is 58.2 Å². The van der Waals surface area contributed by atoms with Gasteiger partial charge in [0.15, 0.2) is 10.6 Å². The van der Waals surface area contributed by atoms with Crippen LogP contribution < -0.4 is 27.3 Å². The molecule has 21 nitrogen and oxygen atoms in total. The maximum absolute atomic E-state index is 11.8. The monoisotopic (exact) mass is 2330 g/mol. The van der Waals surface area contributed by atoms with Gasteiger partial charge in [0.25, 0.3) is 5.22 Å². The Bertz CT molecular complexity index is 6080. The lowest BCUT2D eigenvalue weighted by Crippen LogP contribution is -2.33. The molecule has 0 saturated heterocycles. The number of nitrogens with two attached hydrogens (primary N) is 3. The number of aliphatic hydroxyl groups is 1. The lowest BCUT2D eigenvalue weighted by molar-refractivity contribution is -0.154. The summed E-state index contributed by atoms with van der Waals surface area (Å²) in [6.07, 6.45) is 2.95. The molecule has 0 unspecified atom stereocenters. The summed E-state index contributed by atoms with van der Waals surface area (Å²) in [5, 5.41) is 44.1. The number of amides is 1. The zero-order valence-electron chi connectivity index (χ0n) is 79.1. The molecule has 0 aliphatic carbocycles. The second-order valence-corrected chi connectivity index (χ2v) is 49.1. The first-order chi connectivity index (χ1) is 68.4. The number of hydrogen-bond donors (Lipinski definition) is 8. The minimum absolute atomic E-state index is 0.0709. The van der Waals surface area contributed by atoms with E-state index in [4.69, 9.17) is 133 Å². The second-order valence-electron chi connectivity index (χ2n) is 30.4. The van der Waals surface area contributed by atoms with E-state index >= 15 is 0 Å². The van der Waals surface area contributed by atoms with Crippen molar-refractivity contribution in [3.63, 3.8) is 0 Å². The Morgan fingerprint density at radius 2 is 0.832 bits per heavy atom. The van der Waals surface area contributed by atoms with Crippen LogP contribution in [0.3, 0.4) is 0 Å². The molecule has 11 N–H and O–H groups in total. The highest BCUT2D eigenvalue weighted by atomic mass is 35.5. The number of hydrogen-bond acceptors (Lipinski definition) is 35. The smallest absolute Gasteiger partial charge is 0.412 e. The third kappa shape index (κ3) is 48.2. The van der Waals surface area contributed by atoms with Gasteiger partial charge in [0.05, 0.1) is 67.8 Å². The standard InChI is InChI=1S/C21H25NO5S2.C14H11NOS2.C14H12O2S3.C12H4Cl6S2.C12H11NS2.C10H12N6S2.C10H20O2.C8H10O2S2/c1-4-21(2,3)19(24)26-14-13-22-20(25)27-16-7-11-18(12-8-16)29-28-17-9-5-15(23)6-10-17;1-10-6-8-11(9-7-10)17-18-14-15-12-4-2-3-5-13(12)16-14;1-16-14(17)12-4-2-3-5-13(12)19-18-11-8-6-10(15)7-9-11;13-5-1-9(17)11(3-7(5)15)19-20-12-4-8(16)6(14)2-10(12)18;13-10-6-8-12(9-7-10)15-14-11-4-2-1-3-5-11;1-5-3-7(15-9(11)13-5)17-18-8-4-6(2)14-10(12)16-8;1-5-7-8-12-9(11)10(3,4)6-2;9-5-6-11-12-8-3-1-7(10)2-4-8/h5-12,23H,4,13-14H2,1-3H3,(H,22,25);2-9H,1H3;2-9,15H,1H3;1-4H;1-9H,13H2;3-4H,1-2H3,(H2,11,13,15)(H2,12,14,16);5-8H2,1-4H3;1-4,9-10H,5-6H2. The summed E-state index contributed by atoms with van der Waals surface area (Å²) < 4.78 is 26.2. The molecule has 0 aliphatic rings. The molecule has 3 aromatic heterocycles. The number of benzene rings is 11. The van der Waals surface area contributed by atoms with Gasteiger partial charge in [0.2, 0.25) is 11.9 Å². The molecule has 0 fully saturated rings. The minimum atomic E-state index is -0.602. The Hall–Kier alpha value is -7.45. The number of nitrogen functional groups attached to an aromatic ring is 3. The number of phenols is 3. The number of ether oxygens (including phenoxy) is 4. The lowest BCUT2D eigenvalue weighted by Gasteiger charge is -2.20. The average Bonchev–Trinajstić information content (AvgIpc) is 1.79. The lowest BCUT2D eigenvalue weighted by atomic mass is 9.91. The van der Waals surface area contributed by atoms with Gasteiger partial charge in [-0.15, -0.1) is 0 Å². The number of aromatic nitrogens is 5. The summed E-state index contributed by atoms with van der Waals surface area (Å²) in [5.74, 6) is 2.14. The summed E-state index contributed by atoms with van der Waals surface area (Å²) in [6, 6.07) is 80.9. The highest BCUT2D eigenvalue weighted by Crippen LogP contribution is 2.48. The first-order valence-electron chi connectivity index (χ1n) is 43.2. The summed E-state index contributed by atoms with van der Waals surface area (Å²) in [5.41, 5.74) is 22.4. The number of nitrogens with one attached hydrogen (secondary N) is 1. The zero-order chi connectivity index (χ0) is 104. The normalized spacial score (nSPS) is 10.7. The van der Waals surface area contributed by atoms with Crippen molar-refractivity contribution in [2.24, 2.45) is 10.8 Å². The molecule has 758 valence electrons. The van der Waals surface area contributed by atoms with Gasteiger partial charge in [-0.2, -0.15) is 0 Å². The molecular formula is C101H105Cl6N9O12S15. The number of aliphatic hydroxyl groups excluding tert-OH is 1. The van der Waals surface area contributed by atoms with Crippen LogP contribution in [0.15, 0.2) is 330 Å². The third-order valence-corrected chi connectivity index (χ3v) is 37.3. The molecule has 0 spiro atoms. The Kier molecular flexibility index (Phi) is 57.2. The van der Waals surface area contributed by atoms with E-state index in [0.717, 1.165) is 103 Å². The number of aryl methyl sites for hydroxylation is 3. The van der Waals surface area contributed by atoms with Crippen molar-refractivity contribution >= 4 is 285 Å². The first kappa shape index (κ1) is 122. The number of aromatic hydroxyl groups is 3. The van der Waals surface area contributed by atoms with E-state index in [9.17, 15) is 24.6 Å². The van der Waals surface area contributed by atoms with Gasteiger partial charge in [0.1, 0.15) is 45.2 Å². The number of unbranched alkanes of at least 4 members (excludes halogenated alkanes) is 1. The van der Waals surface area contributed by atoms with Crippen LogP contribution in [0, 0.1) is 31.6 Å². The summed E-state index contributed by atoms with van der Waals surface area (Å²) in [7, 11) is 23.6. The number of para-hydroxylation sites is 2. The van der Waals surface area contributed by atoms with Crippen LogP contribution in [0.25, 0.3) is 11.1 Å². The minimum Gasteiger partial charge on any atom is -0.508 e. The number of fused-ring (bicyclic) bond motifs is 1. The Morgan fingerprint density at radius 1 is 0.434 bits per heavy atom. The van der Waals surface area contributed by atoms with Gasteiger partial charge >= 0.3 is 18.0 Å². The Balaban J connectivity index is 0.000000225. The van der Waals surface area contributed by atoms with Crippen molar-refractivity contribution in [2.45, 2.75) is 159 Å². The van der Waals surface area contributed by atoms with E-state index in [0.29, 0.717) is 59.2 Å². The predicted molar refractivity (Wildman–Crippen MR) is 618 cm³/mol. The molecule has 0 radical (unpaired) electrons. The van der Waals surface area contributed by atoms with Crippen molar-refractivity contribution in [1.29, 1.82) is 0 Å². The molecule has 3 heterocycles. The third-order valence-electron chi connectivity index (χ3n) is 18.3. The number of carbonyl (C=O) groups excluding carboxylic acids is 3. The van der Waals surface area contributed by atoms with Gasteiger partial charge in [-0.05, 0) is 319 Å². The number of thiocarbonyl (C=S) groups is 1. The number of methoxy groups -OCH3 is 1. The number of anilines is 3. The number of oxazole rings is 1. The van der Waals surface area contributed by atoms with Crippen LogP contribution in [-0.4, -0.2) is 108 Å². The topological polar surface area (TPSA) is 337 Å². The maximum Gasteiger partial charge on any atom is 0.412 e. The van der Waals surface area contributed by atoms with Gasteiger partial charge < -0.3 is 66.3 Å². The zero-order valence-corrected chi connectivity index (χ0v) is 95.9. The van der Waals surface area contributed by atoms with Crippen LogP contribution >= 0.6 is 233 Å². The fraction of sp³-hybridized carbons (Fsp3) is 0.218. The molecule has 0 aliphatic heterocycles. The molecule has 0 atom stereocenters. The fourth-order valence-electron chi connectivity index (χ4n) is 9.83. The van der Waals surface area contributed by atoms with Crippen LogP contribution in [0.2, 0.25) is 30.1 Å². The van der Waals surface area contributed by atoms with Gasteiger partial charge in [-0.25, -0.2) is 29.7 Å². The highest BCUT2D eigenvalue weighted by Gasteiger charge is 2.28. The van der Waals surface area contributed by atoms with Crippen LogP contribution in [-0.2, 0) is 23.8 Å². The predicted octanol–water partition coefficient (Wildman–Crippen LogP) is 33.9. The Labute approximate surface area is 926 Å². The molecule has 1 amide bonds. The van der Waals surface area contributed by atoms with E-state index in [-0.39, 0.29) is 66.3 Å². The summed E-state index contributed by atoms with van der Waals surface area (Å²) >= 11 is 41.1. The number of rotatable bonds is 34. The van der Waals surface area contributed by atoms with Crippen LogP contribution in [0.5, 0.6) is 23.0 Å². The van der Waals surface area contributed by atoms with E-state index in [2.05, 4.69) is 80.5 Å². The van der Waals surface area contributed by atoms with Gasteiger partial charge in [-0.1, -0.05) is 265 Å². The number of carbonyl (C=O) groups is 3. The number of halogens is 6. The first-order valence-corrected chi connectivity index (χ1v) is 61.1. The molecule has 0 saturated carbocycles. The highest BCUT2D eigenvalue weighted by molar-refractivity contribution is 8.78. The SMILES string of the molecule is CCC(C)(C)C(=O)OCCNC(=O)Oc1ccc(SSc2ccc(O)cc2)cc1.CCCCOC(=O)C(C)(C)CC.COC(=S)c1ccccc1SSc1ccc(O)cc1.Cc1cc(SSc2cc(C)nc(N)n2)nc(N)n1.Cc1ccc(SSc2nc3ccccc3o2)cc1.Clc1cc(Cl)c(SSc2cc(Cl)c(Cl)cc2Cl)cc1Cl.Nc1ccc(SSc2ccccc2)cc1.OCCSSc1ccc(O)cc1.